The van der Waals surface area contributed by atoms with Crippen molar-refractivity contribution in [3.05, 3.63) is 41.1 Å². The third-order valence-corrected chi connectivity index (χ3v) is 3.93. The minimum absolute atomic E-state index is 0. The van der Waals surface area contributed by atoms with E-state index >= 15 is 0 Å². The highest BCUT2D eigenvalue weighted by Gasteiger charge is 2.13. The highest BCUT2D eigenvalue weighted by molar-refractivity contribution is 14.0. The largest absolute Gasteiger partial charge is 0.454 e. The molecule has 0 bridgehead atoms. The van der Waals surface area contributed by atoms with E-state index in [9.17, 15) is 0 Å². The maximum atomic E-state index is 5.56. The van der Waals surface area contributed by atoms with E-state index < -0.39 is 0 Å². The van der Waals surface area contributed by atoms with Gasteiger partial charge < -0.3 is 24.5 Å². The number of benzene rings is 1. The van der Waals surface area contributed by atoms with Crippen LogP contribution in [0.2, 0.25) is 0 Å². The molecule has 142 valence electrons. The Morgan fingerprint density at radius 2 is 2.00 bits per heavy atom. The molecule has 0 aliphatic carbocycles. The monoisotopic (exact) mass is 472 g/mol. The molecule has 2 N–H and O–H groups in total. The molecule has 1 aliphatic rings. The number of guanidine groups is 1. The van der Waals surface area contributed by atoms with E-state index in [1.54, 1.807) is 0 Å². The molecular formula is C18H25IN4O3. The van der Waals surface area contributed by atoms with E-state index in [0.717, 1.165) is 48.4 Å². The van der Waals surface area contributed by atoms with Crippen LogP contribution < -0.4 is 20.1 Å². The predicted octanol–water partition coefficient (Wildman–Crippen LogP) is 2.94. The molecular weight excluding hydrogens is 447 g/mol. The average Bonchev–Trinajstić information content (AvgIpc) is 3.19. The molecule has 3 rings (SSSR count). The molecule has 2 aromatic rings. The first-order chi connectivity index (χ1) is 12.2. The van der Waals surface area contributed by atoms with Crippen molar-refractivity contribution >= 4 is 29.9 Å². The summed E-state index contributed by atoms with van der Waals surface area (Å²) in [7, 11) is 0. The summed E-state index contributed by atoms with van der Waals surface area (Å²) in [4.78, 5) is 8.87. The van der Waals surface area contributed by atoms with Crippen molar-refractivity contribution in [3.8, 4) is 11.5 Å². The van der Waals surface area contributed by atoms with Gasteiger partial charge in [-0.25, -0.2) is 9.98 Å². The first-order valence-electron chi connectivity index (χ1n) is 8.49. The third-order valence-electron chi connectivity index (χ3n) is 3.93. The first kappa shape index (κ1) is 20.3. The molecule has 1 aromatic carbocycles. The molecule has 0 amide bonds. The summed E-state index contributed by atoms with van der Waals surface area (Å²) in [6.07, 6.45) is 0.859. The van der Waals surface area contributed by atoms with E-state index in [-0.39, 0.29) is 24.0 Å². The molecule has 0 atom stereocenters. The Kier molecular flexibility index (Phi) is 7.55. The number of rotatable bonds is 6. The van der Waals surface area contributed by atoms with E-state index in [1.807, 2.05) is 32.9 Å². The SMILES string of the molecule is CCNC(=NCc1nc(C)c(C)o1)NCCc1ccc2c(c1)OCO2.I. The van der Waals surface area contributed by atoms with E-state index in [0.29, 0.717) is 19.2 Å². The van der Waals surface area contributed by atoms with Gasteiger partial charge in [-0.15, -0.1) is 24.0 Å². The Morgan fingerprint density at radius 1 is 1.19 bits per heavy atom. The van der Waals surface area contributed by atoms with E-state index in [1.165, 1.54) is 5.56 Å². The summed E-state index contributed by atoms with van der Waals surface area (Å²) in [5, 5.41) is 6.55. The van der Waals surface area contributed by atoms with Crippen molar-refractivity contribution in [1.29, 1.82) is 0 Å². The molecule has 0 radical (unpaired) electrons. The number of nitrogens with zero attached hydrogens (tertiary/aromatic N) is 2. The van der Waals surface area contributed by atoms with Gasteiger partial charge in [0.05, 0.1) is 5.69 Å². The van der Waals surface area contributed by atoms with E-state index in [2.05, 4.69) is 26.7 Å². The summed E-state index contributed by atoms with van der Waals surface area (Å²) >= 11 is 0. The Balaban J connectivity index is 0.00000243. The van der Waals surface area contributed by atoms with Gasteiger partial charge >= 0.3 is 0 Å². The van der Waals surface area contributed by atoms with Crippen LogP contribution >= 0.6 is 24.0 Å². The highest BCUT2D eigenvalue weighted by atomic mass is 127. The van der Waals surface area contributed by atoms with Crippen LogP contribution in [0.3, 0.4) is 0 Å². The van der Waals surface area contributed by atoms with Gasteiger partial charge in [0.25, 0.3) is 0 Å². The van der Waals surface area contributed by atoms with Crippen molar-refractivity contribution < 1.29 is 13.9 Å². The number of nitrogens with one attached hydrogen (secondary N) is 2. The Bertz CT molecular complexity index is 741. The van der Waals surface area contributed by atoms with Gasteiger partial charge in [0.15, 0.2) is 17.5 Å². The Hall–Kier alpha value is -1.97. The lowest BCUT2D eigenvalue weighted by Gasteiger charge is -2.11. The van der Waals surface area contributed by atoms with Crippen LogP contribution in [-0.4, -0.2) is 30.8 Å². The summed E-state index contributed by atoms with van der Waals surface area (Å²) < 4.78 is 16.3. The lowest BCUT2D eigenvalue weighted by molar-refractivity contribution is 0.174. The number of hydrogen-bond acceptors (Lipinski definition) is 5. The highest BCUT2D eigenvalue weighted by Crippen LogP contribution is 2.32. The third kappa shape index (κ3) is 5.26. The summed E-state index contributed by atoms with van der Waals surface area (Å²) in [6, 6.07) is 6.02. The van der Waals surface area contributed by atoms with Crippen LogP contribution in [0.25, 0.3) is 0 Å². The van der Waals surface area contributed by atoms with Crippen molar-refractivity contribution in [1.82, 2.24) is 15.6 Å². The minimum Gasteiger partial charge on any atom is -0.454 e. The van der Waals surface area contributed by atoms with Gasteiger partial charge in [0.2, 0.25) is 12.7 Å². The van der Waals surface area contributed by atoms with Crippen LogP contribution in [0.1, 0.15) is 29.8 Å². The summed E-state index contributed by atoms with van der Waals surface area (Å²) in [6.45, 7) is 8.14. The number of ether oxygens (including phenoxy) is 2. The van der Waals surface area contributed by atoms with Crippen LogP contribution in [-0.2, 0) is 13.0 Å². The predicted molar refractivity (Wildman–Crippen MR) is 110 cm³/mol. The zero-order valence-corrected chi connectivity index (χ0v) is 17.6. The molecule has 26 heavy (non-hydrogen) atoms. The van der Waals surface area contributed by atoms with Crippen LogP contribution in [0.15, 0.2) is 27.6 Å². The van der Waals surface area contributed by atoms with Crippen LogP contribution in [0.5, 0.6) is 11.5 Å². The number of halogens is 1. The van der Waals surface area contributed by atoms with Gasteiger partial charge in [0, 0.05) is 13.1 Å². The zero-order valence-electron chi connectivity index (χ0n) is 15.3. The molecule has 0 saturated carbocycles. The number of hydrogen-bond donors (Lipinski definition) is 2. The number of aromatic nitrogens is 1. The molecule has 1 aromatic heterocycles. The maximum absolute atomic E-state index is 5.56. The molecule has 7 nitrogen and oxygen atoms in total. The van der Waals surface area contributed by atoms with Gasteiger partial charge in [-0.1, -0.05) is 6.07 Å². The van der Waals surface area contributed by atoms with Crippen molar-refractivity contribution in [2.75, 3.05) is 19.9 Å². The number of oxazole rings is 1. The molecule has 8 heteroatoms. The van der Waals surface area contributed by atoms with Crippen molar-refractivity contribution in [2.24, 2.45) is 4.99 Å². The fourth-order valence-electron chi connectivity index (χ4n) is 2.52. The minimum atomic E-state index is 0. The maximum Gasteiger partial charge on any atom is 0.231 e. The van der Waals surface area contributed by atoms with Crippen LogP contribution in [0.4, 0.5) is 0 Å². The van der Waals surface area contributed by atoms with Gasteiger partial charge in [-0.05, 0) is 44.9 Å². The molecule has 0 fully saturated rings. The Morgan fingerprint density at radius 3 is 2.73 bits per heavy atom. The second-order valence-corrected chi connectivity index (χ2v) is 5.81. The second kappa shape index (κ2) is 9.65. The van der Waals surface area contributed by atoms with Gasteiger partial charge in [-0.2, -0.15) is 0 Å². The number of aliphatic imine (C=N–C) groups is 1. The normalized spacial score (nSPS) is 12.7. The average molecular weight is 472 g/mol. The summed E-state index contributed by atoms with van der Waals surface area (Å²) in [5.74, 6) is 3.83. The lowest BCUT2D eigenvalue weighted by atomic mass is 10.1. The smallest absolute Gasteiger partial charge is 0.231 e. The topological polar surface area (TPSA) is 80.9 Å². The molecule has 0 spiro atoms. The van der Waals surface area contributed by atoms with Gasteiger partial charge in [-0.3, -0.25) is 0 Å². The fraction of sp³-hybridized carbons (Fsp3) is 0.444. The van der Waals surface area contributed by atoms with Crippen molar-refractivity contribution in [3.63, 3.8) is 0 Å². The van der Waals surface area contributed by atoms with Crippen molar-refractivity contribution in [2.45, 2.75) is 33.7 Å². The van der Waals surface area contributed by atoms with E-state index in [4.69, 9.17) is 13.9 Å². The molecule has 2 heterocycles. The second-order valence-electron chi connectivity index (χ2n) is 5.81. The standard InChI is InChI=1S/C18H24N4O3.HI/c1-4-19-18(21-10-17-22-12(2)13(3)25-17)20-8-7-14-5-6-15-16(9-14)24-11-23-15;/h5-6,9H,4,7-8,10-11H2,1-3H3,(H2,19,20,21);1H. The summed E-state index contributed by atoms with van der Waals surface area (Å²) in [5.41, 5.74) is 2.09. The first-order valence-corrected chi connectivity index (χ1v) is 8.49. The fourth-order valence-corrected chi connectivity index (χ4v) is 2.52. The molecule has 1 aliphatic heterocycles. The molecule has 0 unspecified atom stereocenters. The van der Waals surface area contributed by atoms with Crippen LogP contribution in [0, 0.1) is 13.8 Å². The zero-order chi connectivity index (χ0) is 17.6. The molecule has 0 saturated heterocycles. The van der Waals surface area contributed by atoms with Gasteiger partial charge in [0.1, 0.15) is 12.3 Å². The number of fused-ring (bicyclic) bond motifs is 1. The quantitative estimate of drug-likeness (QED) is 0.383. The number of aryl methyl sites for hydroxylation is 2. The Labute approximate surface area is 170 Å². The lowest BCUT2D eigenvalue weighted by Crippen LogP contribution is -2.38.